The van der Waals surface area contributed by atoms with Crippen molar-refractivity contribution in [2.45, 2.75) is 24.9 Å². The molecular weight excluding hydrogens is 319 g/mol. The van der Waals surface area contributed by atoms with Crippen LogP contribution in [0.2, 0.25) is 0 Å². The zero-order valence-corrected chi connectivity index (χ0v) is 11.9. The number of rotatable bonds is 3. The monoisotopic (exact) mass is 333 g/mol. The first-order valence-corrected chi connectivity index (χ1v) is 6.65. The van der Waals surface area contributed by atoms with Gasteiger partial charge < -0.3 is 20.5 Å². The Morgan fingerprint density at radius 1 is 1.43 bits per heavy atom. The minimum Gasteiger partial charge on any atom is -0.466 e. The average molecular weight is 333 g/mol. The summed E-state index contributed by atoms with van der Waals surface area (Å²) in [4.78, 5) is 27.4. The number of carbonyl (C=O) groups is 2. The highest BCUT2D eigenvalue weighted by atomic mass is 19.4. The van der Waals surface area contributed by atoms with Gasteiger partial charge in [0.05, 0.1) is 12.6 Å². The second kappa shape index (κ2) is 6.03. The number of hydrogen-bond acceptors (Lipinski definition) is 5. The molecule has 0 spiro atoms. The summed E-state index contributed by atoms with van der Waals surface area (Å²) in [7, 11) is 0. The Morgan fingerprint density at radius 3 is 2.57 bits per heavy atom. The molecule has 23 heavy (non-hydrogen) atoms. The number of nitrogens with one attached hydrogen (secondary N) is 2. The normalized spacial score (nSPS) is 27.8. The summed E-state index contributed by atoms with van der Waals surface area (Å²) >= 11 is 0. The van der Waals surface area contributed by atoms with Crippen LogP contribution in [0, 0.1) is 5.92 Å². The number of aromatic nitrogens is 1. The first-order chi connectivity index (χ1) is 10.7. The van der Waals surface area contributed by atoms with Gasteiger partial charge in [-0.3, -0.25) is 9.78 Å². The van der Waals surface area contributed by atoms with E-state index in [1.807, 2.05) is 0 Å². The van der Waals surface area contributed by atoms with E-state index in [2.05, 4.69) is 15.0 Å². The molecule has 2 rings (SSSR count). The summed E-state index contributed by atoms with van der Waals surface area (Å²) in [6.45, 7) is 1.24. The number of ether oxygens (including phenoxy) is 1. The average Bonchev–Trinajstić information content (AvgIpc) is 2.46. The Hall–Kier alpha value is -2.36. The first-order valence-electron chi connectivity index (χ1n) is 6.65. The zero-order chi connectivity index (χ0) is 17.3. The summed E-state index contributed by atoms with van der Waals surface area (Å²) in [5, 5.41) is 13.6. The van der Waals surface area contributed by atoms with Crippen LogP contribution in [0.4, 0.5) is 18.0 Å². The first kappa shape index (κ1) is 17.0. The van der Waals surface area contributed by atoms with Gasteiger partial charge in [0.1, 0.15) is 5.92 Å². The maximum atomic E-state index is 13.3. The molecule has 3 unspecified atom stereocenters. The molecule has 126 valence electrons. The maximum Gasteiger partial charge on any atom is 0.437 e. The molecule has 0 bridgehead atoms. The maximum absolute atomic E-state index is 13.3. The van der Waals surface area contributed by atoms with Crippen LogP contribution in [-0.2, 0) is 9.53 Å². The van der Waals surface area contributed by atoms with Gasteiger partial charge in [0, 0.05) is 12.4 Å². The van der Waals surface area contributed by atoms with E-state index < -0.39 is 35.9 Å². The van der Waals surface area contributed by atoms with Crippen LogP contribution in [0.5, 0.6) is 0 Å². The van der Waals surface area contributed by atoms with Crippen molar-refractivity contribution in [3.05, 3.63) is 30.1 Å². The highest BCUT2D eigenvalue weighted by Gasteiger charge is 2.67. The Balaban J connectivity index is 2.54. The van der Waals surface area contributed by atoms with Crippen molar-refractivity contribution in [1.82, 2.24) is 15.6 Å². The summed E-state index contributed by atoms with van der Waals surface area (Å²) < 4.78 is 44.6. The molecule has 1 aliphatic heterocycles. The van der Waals surface area contributed by atoms with E-state index >= 15 is 0 Å². The number of urea groups is 1. The van der Waals surface area contributed by atoms with Gasteiger partial charge in [0.2, 0.25) is 0 Å². The van der Waals surface area contributed by atoms with Gasteiger partial charge in [0.15, 0.2) is 0 Å². The molecule has 1 saturated heterocycles. The number of alkyl halides is 3. The van der Waals surface area contributed by atoms with Crippen molar-refractivity contribution in [2.75, 3.05) is 6.61 Å². The molecule has 1 fully saturated rings. The highest BCUT2D eigenvalue weighted by molar-refractivity contribution is 5.83. The van der Waals surface area contributed by atoms with Crippen LogP contribution >= 0.6 is 0 Å². The van der Waals surface area contributed by atoms with Crippen LogP contribution in [0.3, 0.4) is 0 Å². The molecule has 10 heteroatoms. The second-order valence-electron chi connectivity index (χ2n) is 4.85. The molecule has 3 atom stereocenters. The standard InChI is InChI=1S/C13H14F3N3O4/c1-2-23-10(20)8-9(7-3-5-17-6-4-7)18-11(21)19-12(8,22)13(14,15)16/h3-6,8-9,22H,2H2,1H3,(H2,18,19,21). The fourth-order valence-corrected chi connectivity index (χ4v) is 2.39. The fraction of sp³-hybridized carbons (Fsp3) is 0.462. The van der Waals surface area contributed by atoms with E-state index in [0.717, 1.165) is 0 Å². The van der Waals surface area contributed by atoms with E-state index in [9.17, 15) is 27.9 Å². The predicted molar refractivity (Wildman–Crippen MR) is 69.8 cm³/mol. The number of hydrogen-bond donors (Lipinski definition) is 3. The molecule has 3 N–H and O–H groups in total. The lowest BCUT2D eigenvalue weighted by atomic mass is 9.82. The van der Waals surface area contributed by atoms with Gasteiger partial charge in [0.25, 0.3) is 5.72 Å². The predicted octanol–water partition coefficient (Wildman–Crippen LogP) is 0.866. The lowest BCUT2D eigenvalue weighted by Crippen LogP contribution is -2.73. The van der Waals surface area contributed by atoms with E-state index in [1.54, 1.807) is 0 Å². The minimum absolute atomic E-state index is 0.176. The van der Waals surface area contributed by atoms with Crippen molar-refractivity contribution in [3.63, 3.8) is 0 Å². The van der Waals surface area contributed by atoms with E-state index in [1.165, 1.54) is 36.8 Å². The molecular formula is C13H14F3N3O4. The Labute approximate surface area is 128 Å². The number of carbonyl (C=O) groups excluding carboxylic acids is 2. The number of nitrogens with zero attached hydrogens (tertiary/aromatic N) is 1. The van der Waals surface area contributed by atoms with Crippen molar-refractivity contribution in [3.8, 4) is 0 Å². The molecule has 0 radical (unpaired) electrons. The summed E-state index contributed by atoms with van der Waals surface area (Å²) in [5.41, 5.74) is -3.58. The van der Waals surface area contributed by atoms with Crippen LogP contribution in [0.1, 0.15) is 18.5 Å². The SMILES string of the molecule is CCOC(=O)C1C(c2ccncc2)NC(=O)NC1(O)C(F)(F)F. The molecule has 7 nitrogen and oxygen atoms in total. The quantitative estimate of drug-likeness (QED) is 0.713. The largest absolute Gasteiger partial charge is 0.466 e. The van der Waals surface area contributed by atoms with Gasteiger partial charge in [-0.15, -0.1) is 0 Å². The molecule has 1 aliphatic rings. The number of amides is 2. The lowest BCUT2D eigenvalue weighted by Gasteiger charge is -2.44. The second-order valence-corrected chi connectivity index (χ2v) is 4.85. The third-order valence-corrected chi connectivity index (χ3v) is 3.41. The minimum atomic E-state index is -5.28. The van der Waals surface area contributed by atoms with Crippen molar-refractivity contribution >= 4 is 12.0 Å². The van der Waals surface area contributed by atoms with Gasteiger partial charge in [-0.1, -0.05) is 0 Å². The van der Waals surface area contributed by atoms with Gasteiger partial charge in [-0.2, -0.15) is 13.2 Å². The van der Waals surface area contributed by atoms with Gasteiger partial charge in [-0.25, -0.2) is 4.79 Å². The summed E-state index contributed by atoms with van der Waals surface area (Å²) in [5.74, 6) is -3.41. The molecule has 2 amide bonds. The number of esters is 1. The topological polar surface area (TPSA) is 101 Å². The molecule has 0 saturated carbocycles. The van der Waals surface area contributed by atoms with Gasteiger partial charge >= 0.3 is 18.2 Å². The van der Waals surface area contributed by atoms with Crippen LogP contribution < -0.4 is 10.6 Å². The highest BCUT2D eigenvalue weighted by Crippen LogP contribution is 2.42. The molecule has 1 aromatic heterocycles. The van der Waals surface area contributed by atoms with E-state index in [0.29, 0.717) is 0 Å². The van der Waals surface area contributed by atoms with Crippen molar-refractivity contribution in [1.29, 1.82) is 0 Å². The molecule has 2 heterocycles. The van der Waals surface area contributed by atoms with Gasteiger partial charge in [-0.05, 0) is 24.6 Å². The third kappa shape index (κ3) is 3.07. The van der Waals surface area contributed by atoms with Crippen LogP contribution in [-0.4, -0.2) is 40.6 Å². The Bertz CT molecular complexity index is 596. The summed E-state index contributed by atoms with van der Waals surface area (Å²) in [6, 6.07) is -0.0249. The lowest BCUT2D eigenvalue weighted by molar-refractivity contribution is -0.294. The molecule has 1 aromatic rings. The van der Waals surface area contributed by atoms with E-state index in [-0.39, 0.29) is 12.2 Å². The van der Waals surface area contributed by atoms with Crippen molar-refractivity contribution < 1.29 is 32.6 Å². The summed E-state index contributed by atoms with van der Waals surface area (Å²) in [6.07, 6.45) is -2.70. The number of halogens is 3. The number of aliphatic hydroxyl groups is 1. The smallest absolute Gasteiger partial charge is 0.437 e. The fourth-order valence-electron chi connectivity index (χ4n) is 2.39. The number of pyridine rings is 1. The Kier molecular flexibility index (Phi) is 4.46. The van der Waals surface area contributed by atoms with Crippen LogP contribution in [0.15, 0.2) is 24.5 Å². The molecule has 0 aliphatic carbocycles. The zero-order valence-electron chi connectivity index (χ0n) is 11.9. The van der Waals surface area contributed by atoms with Crippen LogP contribution in [0.25, 0.3) is 0 Å². The molecule has 0 aromatic carbocycles. The Morgan fingerprint density at radius 2 is 2.04 bits per heavy atom. The van der Waals surface area contributed by atoms with E-state index in [4.69, 9.17) is 0 Å². The van der Waals surface area contributed by atoms with Crippen molar-refractivity contribution in [2.24, 2.45) is 5.92 Å². The third-order valence-electron chi connectivity index (χ3n) is 3.41.